The Balaban J connectivity index is 1.58. The Bertz CT molecular complexity index is 2210. The zero-order valence-electron chi connectivity index (χ0n) is 25.6. The van der Waals surface area contributed by atoms with Crippen molar-refractivity contribution in [2.75, 3.05) is 0 Å². The maximum atomic E-state index is 13.8. The van der Waals surface area contributed by atoms with E-state index in [0.29, 0.717) is 28.8 Å². The Morgan fingerprint density at radius 3 is 1.73 bits per heavy atom. The van der Waals surface area contributed by atoms with Crippen molar-refractivity contribution in [3.63, 3.8) is 0 Å². The standard InChI is InChI=1S/C33H22F9N5O4/c34-31(35,36)24-10-5-20(6-11-24)17-45-27(14-9-22-15-43-44(16-22)19-23-3-1-2-4-26(23)33(40,41)42)28(47(50)51)29(48)46(30(45)49)18-21-7-12-25(13-8-21)32(37,38)39/h1-16H,17-19H2. The molecule has 0 aliphatic carbocycles. The van der Waals surface area contributed by atoms with Gasteiger partial charge in [0, 0.05) is 11.8 Å². The minimum absolute atomic E-state index is 0.000353. The van der Waals surface area contributed by atoms with Crippen LogP contribution in [0.15, 0.2) is 94.8 Å². The Labute approximate surface area is 280 Å². The first kappa shape index (κ1) is 36.3. The molecule has 0 N–H and O–H groups in total. The summed E-state index contributed by atoms with van der Waals surface area (Å²) in [7, 11) is 0. The molecule has 3 aromatic carbocycles. The summed E-state index contributed by atoms with van der Waals surface area (Å²) in [5.74, 6) is 0. The number of rotatable bonds is 9. The van der Waals surface area contributed by atoms with Crippen molar-refractivity contribution >= 4 is 17.8 Å². The van der Waals surface area contributed by atoms with E-state index in [4.69, 9.17) is 0 Å². The van der Waals surface area contributed by atoms with Crippen LogP contribution in [0.4, 0.5) is 45.2 Å². The van der Waals surface area contributed by atoms with Crippen molar-refractivity contribution in [3.8, 4) is 0 Å². The average Bonchev–Trinajstić information content (AvgIpc) is 3.49. The van der Waals surface area contributed by atoms with Gasteiger partial charge in [-0.3, -0.25) is 24.2 Å². The molecule has 0 spiro atoms. The van der Waals surface area contributed by atoms with E-state index in [2.05, 4.69) is 5.10 Å². The third-order valence-electron chi connectivity index (χ3n) is 7.61. The van der Waals surface area contributed by atoms with Gasteiger partial charge in [-0.15, -0.1) is 0 Å². The zero-order chi connectivity index (χ0) is 37.3. The number of benzene rings is 3. The minimum Gasteiger partial charge on any atom is -0.283 e. The molecule has 18 heteroatoms. The minimum atomic E-state index is -4.70. The number of nitro groups is 1. The van der Waals surface area contributed by atoms with Crippen molar-refractivity contribution in [1.29, 1.82) is 0 Å². The van der Waals surface area contributed by atoms with E-state index in [1.54, 1.807) is 0 Å². The largest absolute Gasteiger partial charge is 0.416 e. The number of alkyl halides is 9. The molecule has 0 amide bonds. The van der Waals surface area contributed by atoms with Gasteiger partial charge in [-0.25, -0.2) is 9.36 Å². The SMILES string of the molecule is O=c1c([N+](=O)[O-])c(C=Cc2cnn(Cc3ccccc3C(F)(F)F)c2)n(Cc2ccc(C(F)(F)F)cc2)c(=O)n1Cc1ccc(C(F)(F)F)cc1. The highest BCUT2D eigenvalue weighted by Gasteiger charge is 2.34. The van der Waals surface area contributed by atoms with Crippen molar-refractivity contribution in [1.82, 2.24) is 18.9 Å². The number of halogens is 9. The van der Waals surface area contributed by atoms with Gasteiger partial charge in [0.15, 0.2) is 0 Å². The van der Waals surface area contributed by atoms with E-state index in [9.17, 15) is 59.2 Å². The second kappa shape index (κ2) is 13.8. The molecule has 266 valence electrons. The molecule has 0 bridgehead atoms. The highest BCUT2D eigenvalue weighted by Crippen LogP contribution is 2.33. The number of nitrogens with zero attached hydrogens (tertiary/aromatic N) is 5. The fourth-order valence-corrected chi connectivity index (χ4v) is 5.13. The second-order valence-electron chi connectivity index (χ2n) is 11.1. The molecule has 0 radical (unpaired) electrons. The van der Waals surface area contributed by atoms with E-state index in [1.807, 2.05) is 0 Å². The van der Waals surface area contributed by atoms with E-state index < -0.39 is 75.9 Å². The smallest absolute Gasteiger partial charge is 0.283 e. The predicted molar refractivity (Wildman–Crippen MR) is 164 cm³/mol. The summed E-state index contributed by atoms with van der Waals surface area (Å²) < 4.78 is 121. The van der Waals surface area contributed by atoms with Crippen LogP contribution in [0.1, 0.15) is 44.6 Å². The summed E-state index contributed by atoms with van der Waals surface area (Å²) in [6.07, 6.45) is -9.36. The number of hydrogen-bond donors (Lipinski definition) is 0. The van der Waals surface area contributed by atoms with Gasteiger partial charge in [-0.1, -0.05) is 42.5 Å². The molecule has 5 aromatic rings. The Morgan fingerprint density at radius 2 is 1.22 bits per heavy atom. The highest BCUT2D eigenvalue weighted by atomic mass is 19.4. The molecular weight excluding hydrogens is 701 g/mol. The molecule has 0 saturated carbocycles. The van der Waals surface area contributed by atoms with E-state index >= 15 is 0 Å². The molecule has 0 aliphatic heterocycles. The van der Waals surface area contributed by atoms with Gasteiger partial charge in [0.1, 0.15) is 5.69 Å². The van der Waals surface area contributed by atoms with Gasteiger partial charge < -0.3 is 0 Å². The first-order valence-electron chi connectivity index (χ1n) is 14.5. The van der Waals surface area contributed by atoms with Crippen LogP contribution in [0.25, 0.3) is 12.2 Å². The molecule has 0 aliphatic rings. The van der Waals surface area contributed by atoms with Gasteiger partial charge >= 0.3 is 35.5 Å². The number of hydrogen-bond acceptors (Lipinski definition) is 5. The van der Waals surface area contributed by atoms with Crippen LogP contribution in [0.3, 0.4) is 0 Å². The lowest BCUT2D eigenvalue weighted by Crippen LogP contribution is -2.42. The van der Waals surface area contributed by atoms with Gasteiger partial charge in [0.2, 0.25) is 0 Å². The van der Waals surface area contributed by atoms with Crippen LogP contribution < -0.4 is 11.2 Å². The second-order valence-corrected chi connectivity index (χ2v) is 11.1. The van der Waals surface area contributed by atoms with Crippen LogP contribution in [0.2, 0.25) is 0 Å². The summed E-state index contributed by atoms with van der Waals surface area (Å²) in [6, 6.07) is 11.6. The summed E-state index contributed by atoms with van der Waals surface area (Å²) in [5.41, 5.74) is -7.15. The monoisotopic (exact) mass is 723 g/mol. The van der Waals surface area contributed by atoms with Crippen molar-refractivity contribution in [2.24, 2.45) is 0 Å². The molecule has 5 rings (SSSR count). The summed E-state index contributed by atoms with van der Waals surface area (Å²) in [6.45, 7) is -1.60. The molecule has 2 heterocycles. The summed E-state index contributed by atoms with van der Waals surface area (Å²) in [5, 5.41) is 16.3. The highest BCUT2D eigenvalue weighted by molar-refractivity contribution is 5.71. The molecule has 2 aromatic heterocycles. The van der Waals surface area contributed by atoms with E-state index in [1.165, 1.54) is 36.7 Å². The maximum absolute atomic E-state index is 13.8. The Kier molecular flexibility index (Phi) is 9.80. The molecule has 9 nitrogen and oxygen atoms in total. The van der Waals surface area contributed by atoms with Crippen LogP contribution >= 0.6 is 0 Å². The molecular formula is C33H22F9N5O4. The van der Waals surface area contributed by atoms with Crippen molar-refractivity contribution in [2.45, 2.75) is 38.2 Å². The number of aromatic nitrogens is 4. The quantitative estimate of drug-likeness (QED) is 0.0891. The van der Waals surface area contributed by atoms with Crippen LogP contribution in [-0.2, 0) is 38.2 Å². The lowest BCUT2D eigenvalue weighted by Gasteiger charge is -2.15. The van der Waals surface area contributed by atoms with Crippen LogP contribution in [-0.4, -0.2) is 23.8 Å². The summed E-state index contributed by atoms with van der Waals surface area (Å²) in [4.78, 5) is 38.4. The molecule has 0 saturated heterocycles. The van der Waals surface area contributed by atoms with Crippen LogP contribution in [0, 0.1) is 10.1 Å². The van der Waals surface area contributed by atoms with Gasteiger partial charge in [-0.2, -0.15) is 44.6 Å². The molecule has 0 unspecified atom stereocenters. The molecule has 51 heavy (non-hydrogen) atoms. The van der Waals surface area contributed by atoms with E-state index in [0.717, 1.165) is 45.7 Å². The van der Waals surface area contributed by atoms with Crippen LogP contribution in [0.5, 0.6) is 0 Å². The zero-order valence-corrected chi connectivity index (χ0v) is 25.6. The van der Waals surface area contributed by atoms with Gasteiger partial charge in [0.05, 0.1) is 47.4 Å². The maximum Gasteiger partial charge on any atom is 0.416 e. The van der Waals surface area contributed by atoms with Crippen molar-refractivity contribution < 1.29 is 44.4 Å². The first-order chi connectivity index (χ1) is 23.8. The van der Waals surface area contributed by atoms with Gasteiger partial charge in [0.25, 0.3) is 0 Å². The Hall–Kier alpha value is -5.94. The normalized spacial score (nSPS) is 12.5. The molecule has 0 fully saturated rings. The first-order valence-corrected chi connectivity index (χ1v) is 14.5. The fraction of sp³-hybridized carbons (Fsp3) is 0.182. The third-order valence-corrected chi connectivity index (χ3v) is 7.61. The lowest BCUT2D eigenvalue weighted by atomic mass is 10.1. The summed E-state index contributed by atoms with van der Waals surface area (Å²) >= 11 is 0. The Morgan fingerprint density at radius 1 is 0.686 bits per heavy atom. The van der Waals surface area contributed by atoms with Crippen molar-refractivity contribution in [3.05, 3.63) is 161 Å². The lowest BCUT2D eigenvalue weighted by molar-refractivity contribution is -0.387. The average molecular weight is 724 g/mol. The van der Waals surface area contributed by atoms with Gasteiger partial charge in [-0.05, 0) is 59.2 Å². The van der Waals surface area contributed by atoms with E-state index in [-0.39, 0.29) is 28.8 Å². The third kappa shape index (κ3) is 8.27. The molecule has 0 atom stereocenters. The predicted octanol–water partition coefficient (Wildman–Crippen LogP) is 7.49. The fourth-order valence-electron chi connectivity index (χ4n) is 5.13. The topological polar surface area (TPSA) is 105 Å².